The van der Waals surface area contributed by atoms with Gasteiger partial charge in [0.15, 0.2) is 5.78 Å². The van der Waals surface area contributed by atoms with Gasteiger partial charge >= 0.3 is 0 Å². The number of carbonyl (C=O) groups excluding carboxylic acids is 2. The fraction of sp³-hybridized carbons (Fsp3) is 0.125. The maximum absolute atomic E-state index is 13.9. The van der Waals surface area contributed by atoms with Crippen molar-refractivity contribution < 1.29 is 14.0 Å². The summed E-state index contributed by atoms with van der Waals surface area (Å²) in [5, 5.41) is 0. The topological polar surface area (TPSA) is 37.4 Å². The molecule has 21 heavy (non-hydrogen) atoms. The predicted octanol–water partition coefficient (Wildman–Crippen LogP) is 3.34. The number of carbonyl (C=O) groups is 2. The molecule has 1 amide bonds. The molecule has 1 aliphatic rings. The van der Waals surface area contributed by atoms with Crippen molar-refractivity contribution in [2.75, 3.05) is 11.9 Å². The molecule has 0 N–H and O–H groups in total. The van der Waals surface area contributed by atoms with E-state index < -0.39 is 11.6 Å². The number of rotatable bonds is 2. The standard InChI is InChI=1S/C16H11BrFNO2/c1-19-13-6-5-9(7-10(13)8-14(19)20)16(21)15-11(17)3-2-4-12(15)18/h2-7H,8H2,1H3. The van der Waals surface area contributed by atoms with E-state index in [0.29, 0.717) is 10.0 Å². The van der Waals surface area contributed by atoms with Gasteiger partial charge in [-0.15, -0.1) is 0 Å². The lowest BCUT2D eigenvalue weighted by atomic mass is 10.00. The maximum Gasteiger partial charge on any atom is 0.231 e. The number of amides is 1. The summed E-state index contributed by atoms with van der Waals surface area (Å²) >= 11 is 3.20. The Bertz CT molecular complexity index is 753. The number of nitrogens with zero attached hydrogens (tertiary/aromatic N) is 1. The van der Waals surface area contributed by atoms with Crippen molar-refractivity contribution in [3.63, 3.8) is 0 Å². The molecule has 0 atom stereocenters. The third kappa shape index (κ3) is 2.27. The molecule has 0 unspecified atom stereocenters. The first-order valence-electron chi connectivity index (χ1n) is 6.37. The predicted molar refractivity (Wildman–Crippen MR) is 81.1 cm³/mol. The number of hydrogen-bond donors (Lipinski definition) is 0. The van der Waals surface area contributed by atoms with Gasteiger partial charge < -0.3 is 4.90 Å². The molecule has 2 aromatic rings. The van der Waals surface area contributed by atoms with Crippen LogP contribution in [-0.4, -0.2) is 18.7 Å². The van der Waals surface area contributed by atoms with Crippen LogP contribution in [0.4, 0.5) is 10.1 Å². The third-order valence-corrected chi connectivity index (χ3v) is 4.27. The van der Waals surface area contributed by atoms with E-state index in [-0.39, 0.29) is 17.9 Å². The first kappa shape index (κ1) is 13.9. The molecule has 2 aromatic carbocycles. The third-order valence-electron chi connectivity index (χ3n) is 3.61. The van der Waals surface area contributed by atoms with E-state index in [9.17, 15) is 14.0 Å². The van der Waals surface area contributed by atoms with Crippen LogP contribution in [0.1, 0.15) is 21.5 Å². The van der Waals surface area contributed by atoms with Gasteiger partial charge in [0.05, 0.1) is 12.0 Å². The molecular formula is C16H11BrFNO2. The summed E-state index contributed by atoms with van der Waals surface area (Å²) in [6, 6.07) is 9.42. The van der Waals surface area contributed by atoms with Gasteiger partial charge in [0.1, 0.15) is 5.82 Å². The Balaban J connectivity index is 2.05. The summed E-state index contributed by atoms with van der Waals surface area (Å²) in [5.74, 6) is -0.977. The van der Waals surface area contributed by atoms with E-state index in [1.807, 2.05) is 0 Å². The highest BCUT2D eigenvalue weighted by Crippen LogP contribution is 2.30. The highest BCUT2D eigenvalue weighted by molar-refractivity contribution is 9.10. The second-order valence-corrected chi connectivity index (χ2v) is 5.75. The van der Waals surface area contributed by atoms with Crippen LogP contribution in [0.2, 0.25) is 0 Å². The molecule has 0 aromatic heterocycles. The SMILES string of the molecule is CN1C(=O)Cc2cc(C(=O)c3c(F)cccc3Br)ccc21. The van der Waals surface area contributed by atoms with Crippen LogP contribution >= 0.6 is 15.9 Å². The van der Waals surface area contributed by atoms with Crippen molar-refractivity contribution >= 4 is 33.3 Å². The second kappa shape index (κ2) is 5.07. The molecule has 5 heteroatoms. The minimum absolute atomic E-state index is 0.00938. The molecule has 106 valence electrons. The molecule has 3 rings (SSSR count). The van der Waals surface area contributed by atoms with Gasteiger partial charge in [0, 0.05) is 22.8 Å². The van der Waals surface area contributed by atoms with E-state index in [1.165, 1.54) is 12.1 Å². The zero-order valence-electron chi connectivity index (χ0n) is 11.2. The van der Waals surface area contributed by atoms with Crippen LogP contribution in [0.3, 0.4) is 0 Å². The van der Waals surface area contributed by atoms with E-state index in [1.54, 1.807) is 36.2 Å². The van der Waals surface area contributed by atoms with E-state index in [4.69, 9.17) is 0 Å². The molecule has 0 fully saturated rings. The number of halogens is 2. The number of fused-ring (bicyclic) bond motifs is 1. The highest BCUT2D eigenvalue weighted by atomic mass is 79.9. The van der Waals surface area contributed by atoms with Crippen LogP contribution in [0, 0.1) is 5.82 Å². The fourth-order valence-corrected chi connectivity index (χ4v) is 2.99. The minimum Gasteiger partial charge on any atom is -0.315 e. The summed E-state index contributed by atoms with van der Waals surface area (Å²) in [6.45, 7) is 0. The summed E-state index contributed by atoms with van der Waals surface area (Å²) in [7, 11) is 1.70. The number of ketones is 1. The van der Waals surface area contributed by atoms with Gasteiger partial charge in [0.2, 0.25) is 5.91 Å². The van der Waals surface area contributed by atoms with E-state index >= 15 is 0 Å². The van der Waals surface area contributed by atoms with Crippen molar-refractivity contribution in [3.8, 4) is 0 Å². The number of benzene rings is 2. The van der Waals surface area contributed by atoms with Gasteiger partial charge in [-0.1, -0.05) is 6.07 Å². The molecule has 0 aliphatic carbocycles. The minimum atomic E-state index is -0.567. The van der Waals surface area contributed by atoms with Crippen molar-refractivity contribution in [3.05, 3.63) is 63.4 Å². The molecule has 0 bridgehead atoms. The Morgan fingerprint density at radius 3 is 2.76 bits per heavy atom. The van der Waals surface area contributed by atoms with Crippen LogP contribution in [0.25, 0.3) is 0 Å². The monoisotopic (exact) mass is 347 g/mol. The van der Waals surface area contributed by atoms with E-state index in [2.05, 4.69) is 15.9 Å². The first-order chi connectivity index (χ1) is 9.99. The number of anilines is 1. The van der Waals surface area contributed by atoms with Crippen LogP contribution in [0.5, 0.6) is 0 Å². The number of hydrogen-bond acceptors (Lipinski definition) is 2. The normalized spacial score (nSPS) is 13.5. The van der Waals surface area contributed by atoms with Crippen molar-refractivity contribution in [2.24, 2.45) is 0 Å². The lowest BCUT2D eigenvalue weighted by Crippen LogP contribution is -2.20. The molecule has 3 nitrogen and oxygen atoms in total. The largest absolute Gasteiger partial charge is 0.315 e. The highest BCUT2D eigenvalue weighted by Gasteiger charge is 2.26. The molecule has 0 radical (unpaired) electrons. The summed E-state index contributed by atoms with van der Waals surface area (Å²) in [6.07, 6.45) is 0.269. The van der Waals surface area contributed by atoms with Gasteiger partial charge in [-0.2, -0.15) is 0 Å². The Labute approximate surface area is 129 Å². The summed E-state index contributed by atoms with van der Waals surface area (Å²) < 4.78 is 14.3. The van der Waals surface area contributed by atoms with Gasteiger partial charge in [-0.25, -0.2) is 4.39 Å². The Morgan fingerprint density at radius 1 is 1.29 bits per heavy atom. The Hall–Kier alpha value is -2.01. The van der Waals surface area contributed by atoms with Crippen molar-refractivity contribution in [1.29, 1.82) is 0 Å². The van der Waals surface area contributed by atoms with Crippen molar-refractivity contribution in [2.45, 2.75) is 6.42 Å². The van der Waals surface area contributed by atoms with Crippen LogP contribution < -0.4 is 4.90 Å². The average molecular weight is 348 g/mol. The fourth-order valence-electron chi connectivity index (χ4n) is 2.47. The summed E-state index contributed by atoms with van der Waals surface area (Å²) in [4.78, 5) is 25.7. The van der Waals surface area contributed by atoms with Crippen molar-refractivity contribution in [1.82, 2.24) is 0 Å². The van der Waals surface area contributed by atoms with Gasteiger partial charge in [0.25, 0.3) is 0 Å². The van der Waals surface area contributed by atoms with Gasteiger partial charge in [-0.3, -0.25) is 9.59 Å². The van der Waals surface area contributed by atoms with Gasteiger partial charge in [-0.05, 0) is 51.8 Å². The maximum atomic E-state index is 13.9. The quantitative estimate of drug-likeness (QED) is 0.781. The lowest BCUT2D eigenvalue weighted by Gasteiger charge is -2.11. The molecule has 0 saturated carbocycles. The Morgan fingerprint density at radius 2 is 2.05 bits per heavy atom. The first-order valence-corrected chi connectivity index (χ1v) is 7.16. The Kier molecular flexibility index (Phi) is 3.37. The zero-order chi connectivity index (χ0) is 15.1. The number of likely N-dealkylation sites (N-methyl/N-ethyl adjacent to an activating group) is 1. The van der Waals surface area contributed by atoms with E-state index in [0.717, 1.165) is 11.3 Å². The molecular weight excluding hydrogens is 337 g/mol. The second-order valence-electron chi connectivity index (χ2n) is 4.90. The molecule has 1 aliphatic heterocycles. The smallest absolute Gasteiger partial charge is 0.231 e. The molecule has 0 saturated heterocycles. The molecule has 0 spiro atoms. The summed E-state index contributed by atoms with van der Waals surface area (Å²) in [5.41, 5.74) is 1.97. The molecule has 1 heterocycles. The zero-order valence-corrected chi connectivity index (χ0v) is 12.8. The van der Waals surface area contributed by atoms with Crippen LogP contribution in [0.15, 0.2) is 40.9 Å². The van der Waals surface area contributed by atoms with Crippen LogP contribution in [-0.2, 0) is 11.2 Å². The lowest BCUT2D eigenvalue weighted by molar-refractivity contribution is -0.117. The average Bonchev–Trinajstić information content (AvgIpc) is 2.73.